The van der Waals surface area contributed by atoms with Crippen molar-refractivity contribution >= 4 is 34.6 Å². The van der Waals surface area contributed by atoms with Crippen LogP contribution in [0.15, 0.2) is 73.8 Å². The van der Waals surface area contributed by atoms with Gasteiger partial charge in [-0.25, -0.2) is 0 Å². The molecule has 106 valence electrons. The molecule has 0 spiro atoms. The van der Waals surface area contributed by atoms with Crippen LogP contribution in [-0.2, 0) is 0 Å². The molecule has 2 heterocycles. The van der Waals surface area contributed by atoms with Crippen LogP contribution in [0.3, 0.4) is 0 Å². The van der Waals surface area contributed by atoms with Gasteiger partial charge in [0.2, 0.25) is 5.78 Å². The Morgan fingerprint density at radius 3 is 2.59 bits per heavy atom. The van der Waals surface area contributed by atoms with Gasteiger partial charge in [0.1, 0.15) is 11.8 Å². The largest absolute Gasteiger partial charge is 0.463 e. The molecule has 22 heavy (non-hydrogen) atoms. The zero-order chi connectivity index (χ0) is 15.1. The molecule has 0 amide bonds. The predicted octanol–water partition coefficient (Wildman–Crippen LogP) is 4.12. The summed E-state index contributed by atoms with van der Waals surface area (Å²) in [6.07, 6.45) is 3.03. The highest BCUT2D eigenvalue weighted by atomic mass is 32.2. The van der Waals surface area contributed by atoms with E-state index in [0.29, 0.717) is 27.0 Å². The van der Waals surface area contributed by atoms with Crippen LogP contribution in [0.4, 0.5) is 0 Å². The molecule has 0 saturated carbocycles. The van der Waals surface area contributed by atoms with Gasteiger partial charge >= 0.3 is 0 Å². The summed E-state index contributed by atoms with van der Waals surface area (Å²) in [5.41, 5.74) is 1.49. The van der Waals surface area contributed by atoms with Crippen molar-refractivity contribution in [3.05, 3.63) is 81.0 Å². The van der Waals surface area contributed by atoms with E-state index in [1.807, 2.05) is 24.3 Å². The number of carbonyl (C=O) groups excluding carboxylic acids is 1. The second-order valence-electron chi connectivity index (χ2n) is 4.95. The fourth-order valence-electron chi connectivity index (χ4n) is 2.47. The minimum Gasteiger partial charge on any atom is -0.463 e. The molecule has 1 aliphatic heterocycles. The molecule has 0 radical (unpaired) electrons. The third-order valence-corrected chi connectivity index (χ3v) is 4.67. The Morgan fingerprint density at radius 2 is 1.73 bits per heavy atom. The number of benzene rings is 2. The van der Waals surface area contributed by atoms with Crippen LogP contribution in [0.2, 0.25) is 0 Å². The number of Topliss-reactive ketones (excluding diaryl/α,β-unsaturated/α-hetero) is 1. The van der Waals surface area contributed by atoms with Gasteiger partial charge in [0.25, 0.3) is 0 Å². The molecule has 0 fully saturated rings. The highest BCUT2D eigenvalue weighted by Gasteiger charge is 2.25. The standard InChI is InChI=1S/C18H10O3S/c19-17-11(10-21-14-7-3-1-5-12(14)17)9-16-18(20)13-6-2-4-8-15(13)22-16/h1-10H/b16-9-. The number of ketones is 1. The van der Waals surface area contributed by atoms with Crippen LogP contribution < -0.4 is 5.43 Å². The molecule has 4 rings (SSSR count). The summed E-state index contributed by atoms with van der Waals surface area (Å²) < 4.78 is 5.48. The fourth-order valence-corrected chi connectivity index (χ4v) is 3.51. The van der Waals surface area contributed by atoms with Crippen LogP contribution in [0.1, 0.15) is 15.9 Å². The van der Waals surface area contributed by atoms with E-state index >= 15 is 0 Å². The summed E-state index contributed by atoms with van der Waals surface area (Å²) in [7, 11) is 0. The SMILES string of the molecule is O=C1/C(=C/c2coc3ccccc3c2=O)Sc2ccccc21. The average Bonchev–Trinajstić information content (AvgIpc) is 2.87. The summed E-state index contributed by atoms with van der Waals surface area (Å²) in [5, 5.41) is 0.518. The van der Waals surface area contributed by atoms with Gasteiger partial charge in [-0.3, -0.25) is 9.59 Å². The molecular weight excluding hydrogens is 296 g/mol. The molecular formula is C18H10O3S. The number of para-hydroxylation sites is 1. The molecule has 0 aliphatic carbocycles. The lowest BCUT2D eigenvalue weighted by Crippen LogP contribution is -2.05. The normalized spacial score (nSPS) is 15.5. The van der Waals surface area contributed by atoms with Crippen molar-refractivity contribution in [3.8, 4) is 0 Å². The number of thioether (sulfide) groups is 1. The van der Waals surface area contributed by atoms with E-state index in [4.69, 9.17) is 4.42 Å². The van der Waals surface area contributed by atoms with Gasteiger partial charge in [0, 0.05) is 10.5 Å². The molecule has 0 bridgehead atoms. The van der Waals surface area contributed by atoms with E-state index < -0.39 is 0 Å². The summed E-state index contributed by atoms with van der Waals surface area (Å²) in [4.78, 5) is 26.3. The van der Waals surface area contributed by atoms with E-state index in [2.05, 4.69) is 0 Å². The maximum atomic E-state index is 12.5. The van der Waals surface area contributed by atoms with Crippen molar-refractivity contribution in [1.82, 2.24) is 0 Å². The van der Waals surface area contributed by atoms with Gasteiger partial charge in [0.05, 0.1) is 15.9 Å². The lowest BCUT2D eigenvalue weighted by Gasteiger charge is -1.99. The lowest BCUT2D eigenvalue weighted by molar-refractivity contribution is 0.104. The van der Waals surface area contributed by atoms with Crippen LogP contribution in [0.5, 0.6) is 0 Å². The second-order valence-corrected chi connectivity index (χ2v) is 6.04. The smallest absolute Gasteiger partial charge is 0.200 e. The third-order valence-electron chi connectivity index (χ3n) is 3.57. The molecule has 0 unspecified atom stereocenters. The summed E-state index contributed by atoms with van der Waals surface area (Å²) in [5.74, 6) is -0.0480. The van der Waals surface area contributed by atoms with Gasteiger partial charge in [-0.1, -0.05) is 36.0 Å². The van der Waals surface area contributed by atoms with Crippen molar-refractivity contribution < 1.29 is 9.21 Å². The summed E-state index contributed by atoms with van der Waals surface area (Å²) >= 11 is 1.38. The highest BCUT2D eigenvalue weighted by Crippen LogP contribution is 2.40. The Labute approximate surface area is 130 Å². The molecule has 0 saturated heterocycles. The molecule has 1 aromatic heterocycles. The van der Waals surface area contributed by atoms with Gasteiger partial charge < -0.3 is 4.42 Å². The van der Waals surface area contributed by atoms with Crippen LogP contribution in [-0.4, -0.2) is 5.78 Å². The number of fused-ring (bicyclic) bond motifs is 2. The van der Waals surface area contributed by atoms with Crippen LogP contribution in [0, 0.1) is 0 Å². The first-order chi connectivity index (χ1) is 10.7. The number of allylic oxidation sites excluding steroid dienone is 1. The number of carbonyl (C=O) groups is 1. The van der Waals surface area contributed by atoms with Crippen molar-refractivity contribution in [2.24, 2.45) is 0 Å². The molecule has 3 nitrogen and oxygen atoms in total. The predicted molar refractivity (Wildman–Crippen MR) is 87.1 cm³/mol. The van der Waals surface area contributed by atoms with E-state index in [0.717, 1.165) is 4.90 Å². The molecule has 0 N–H and O–H groups in total. The zero-order valence-electron chi connectivity index (χ0n) is 11.4. The van der Waals surface area contributed by atoms with E-state index in [1.165, 1.54) is 18.0 Å². The molecule has 2 aromatic carbocycles. The minimum absolute atomic E-state index is 0.0480. The van der Waals surface area contributed by atoms with Gasteiger partial charge in [-0.05, 0) is 30.3 Å². The van der Waals surface area contributed by atoms with Gasteiger partial charge in [-0.15, -0.1) is 0 Å². The van der Waals surface area contributed by atoms with Crippen LogP contribution >= 0.6 is 11.8 Å². The second kappa shape index (κ2) is 5.00. The number of hydrogen-bond donors (Lipinski definition) is 0. The number of rotatable bonds is 1. The summed E-state index contributed by atoms with van der Waals surface area (Å²) in [6.45, 7) is 0. The Bertz CT molecular complexity index is 998. The van der Waals surface area contributed by atoms with E-state index in [9.17, 15) is 9.59 Å². The lowest BCUT2D eigenvalue weighted by atomic mass is 10.1. The van der Waals surface area contributed by atoms with Crippen molar-refractivity contribution in [2.45, 2.75) is 4.90 Å². The molecule has 0 atom stereocenters. The van der Waals surface area contributed by atoms with Crippen LogP contribution in [0.25, 0.3) is 17.0 Å². The van der Waals surface area contributed by atoms with E-state index in [1.54, 1.807) is 30.3 Å². The first-order valence-corrected chi connectivity index (χ1v) is 7.59. The highest BCUT2D eigenvalue weighted by molar-refractivity contribution is 8.04. The fraction of sp³-hybridized carbons (Fsp3) is 0. The maximum Gasteiger partial charge on any atom is 0.200 e. The number of hydrogen-bond acceptors (Lipinski definition) is 4. The summed E-state index contributed by atoms with van der Waals surface area (Å²) in [6, 6.07) is 14.5. The maximum absolute atomic E-state index is 12.5. The molecule has 3 aromatic rings. The molecule has 1 aliphatic rings. The van der Waals surface area contributed by atoms with Gasteiger partial charge in [-0.2, -0.15) is 0 Å². The Morgan fingerprint density at radius 1 is 0.955 bits per heavy atom. The van der Waals surface area contributed by atoms with Crippen molar-refractivity contribution in [1.29, 1.82) is 0 Å². The first kappa shape index (κ1) is 13.1. The topological polar surface area (TPSA) is 47.3 Å². The van der Waals surface area contributed by atoms with E-state index in [-0.39, 0.29) is 11.2 Å². The third kappa shape index (κ3) is 2.00. The Balaban J connectivity index is 1.84. The zero-order valence-corrected chi connectivity index (χ0v) is 12.2. The quantitative estimate of drug-likeness (QED) is 0.634. The van der Waals surface area contributed by atoms with Crippen molar-refractivity contribution in [2.75, 3.05) is 0 Å². The first-order valence-electron chi connectivity index (χ1n) is 6.78. The minimum atomic E-state index is -0.126. The Kier molecular flexibility index (Phi) is 2.98. The van der Waals surface area contributed by atoms with Crippen molar-refractivity contribution in [3.63, 3.8) is 0 Å². The molecule has 4 heteroatoms. The Hall–Kier alpha value is -2.59. The monoisotopic (exact) mass is 306 g/mol. The van der Waals surface area contributed by atoms with Gasteiger partial charge in [0.15, 0.2) is 5.43 Å². The average molecular weight is 306 g/mol.